The first-order valence-corrected chi connectivity index (χ1v) is 25.0. The molecular weight excluding hydrogens is 695 g/mol. The van der Waals surface area contributed by atoms with Crippen LogP contribution in [0.4, 0.5) is 0 Å². The highest BCUT2D eigenvalue weighted by Crippen LogP contribution is 2.16. The first-order valence-electron chi connectivity index (χ1n) is 25.0. The molecule has 0 rings (SSSR count). The predicted molar refractivity (Wildman–Crippen MR) is 241 cm³/mol. The van der Waals surface area contributed by atoms with Crippen LogP contribution in [0, 0.1) is 0 Å². The molecule has 0 spiro atoms. The summed E-state index contributed by atoms with van der Waals surface area (Å²) in [5.74, 6) is -0.0701. The lowest BCUT2D eigenvalue weighted by atomic mass is 10.0. The van der Waals surface area contributed by atoms with Gasteiger partial charge in [-0.25, -0.2) is 0 Å². The number of allylic oxidation sites excluding steroid dienone is 1. The van der Waals surface area contributed by atoms with Crippen LogP contribution >= 0.6 is 0 Å². The zero-order valence-corrected chi connectivity index (χ0v) is 37.6. The van der Waals surface area contributed by atoms with Crippen LogP contribution in [0.2, 0.25) is 0 Å². The van der Waals surface area contributed by atoms with Crippen LogP contribution in [0.25, 0.3) is 0 Å². The summed E-state index contributed by atoms with van der Waals surface area (Å²) in [7, 11) is 0. The molecule has 56 heavy (non-hydrogen) atoms. The molecule has 3 N–H and O–H groups in total. The monoisotopic (exact) mass is 792 g/mol. The van der Waals surface area contributed by atoms with Crippen molar-refractivity contribution in [1.82, 2.24) is 5.32 Å². The summed E-state index contributed by atoms with van der Waals surface area (Å²) in [6.45, 7) is 4.86. The molecule has 6 heteroatoms. The number of carbonyl (C=O) groups is 2. The molecule has 0 aromatic rings. The summed E-state index contributed by atoms with van der Waals surface area (Å²) in [5.41, 5.74) is 0. The molecule has 0 saturated carbocycles. The van der Waals surface area contributed by atoms with Crippen LogP contribution in [0.15, 0.2) is 12.2 Å². The van der Waals surface area contributed by atoms with Crippen LogP contribution in [0.5, 0.6) is 0 Å². The number of hydrogen-bond donors (Lipinski definition) is 3. The third-order valence-electron chi connectivity index (χ3n) is 11.6. The van der Waals surface area contributed by atoms with Crippen molar-refractivity contribution in [3.63, 3.8) is 0 Å². The second-order valence-corrected chi connectivity index (χ2v) is 17.2. The number of esters is 1. The fraction of sp³-hybridized carbons (Fsp3) is 0.920. The van der Waals surface area contributed by atoms with E-state index in [1.165, 1.54) is 205 Å². The van der Waals surface area contributed by atoms with Gasteiger partial charge < -0.3 is 20.3 Å². The highest BCUT2D eigenvalue weighted by molar-refractivity contribution is 5.76. The van der Waals surface area contributed by atoms with E-state index >= 15 is 0 Å². The summed E-state index contributed by atoms with van der Waals surface area (Å²) < 4.78 is 5.46. The van der Waals surface area contributed by atoms with E-state index in [9.17, 15) is 19.8 Å². The zero-order chi connectivity index (χ0) is 40.8. The van der Waals surface area contributed by atoms with Crippen molar-refractivity contribution >= 4 is 11.9 Å². The number of aliphatic hydroxyl groups excluding tert-OH is 2. The van der Waals surface area contributed by atoms with E-state index in [1.54, 1.807) is 6.08 Å². The molecule has 0 saturated heterocycles. The van der Waals surface area contributed by atoms with Gasteiger partial charge >= 0.3 is 5.97 Å². The molecule has 0 aliphatic heterocycles. The van der Waals surface area contributed by atoms with Crippen molar-refractivity contribution < 1.29 is 24.5 Å². The van der Waals surface area contributed by atoms with Gasteiger partial charge in [0.15, 0.2) is 0 Å². The molecule has 0 bridgehead atoms. The van der Waals surface area contributed by atoms with Gasteiger partial charge in [0.2, 0.25) is 5.91 Å². The summed E-state index contributed by atoms with van der Waals surface area (Å²) in [6, 6.07) is -0.628. The molecule has 0 heterocycles. The molecule has 0 aromatic heterocycles. The van der Waals surface area contributed by atoms with Crippen molar-refractivity contribution in [2.24, 2.45) is 0 Å². The van der Waals surface area contributed by atoms with Gasteiger partial charge in [-0.15, -0.1) is 0 Å². The summed E-state index contributed by atoms with van der Waals surface area (Å²) in [5, 5.41) is 22.9. The molecule has 0 fully saturated rings. The number of rotatable bonds is 46. The topological polar surface area (TPSA) is 95.9 Å². The Hall–Kier alpha value is -1.40. The number of nitrogens with one attached hydrogen (secondary N) is 1. The SMILES string of the molecule is CCCCCCCCC/C=C/C(O)C(CO)NC(=O)CCCCCCCCCCCCCCCCCCCOC(=O)CCCCCCCCCCCCCCC. The Balaban J connectivity index is 3.40. The van der Waals surface area contributed by atoms with Crippen molar-refractivity contribution in [1.29, 1.82) is 0 Å². The highest BCUT2D eigenvalue weighted by Gasteiger charge is 2.18. The highest BCUT2D eigenvalue weighted by atomic mass is 16.5. The van der Waals surface area contributed by atoms with E-state index in [2.05, 4.69) is 19.2 Å². The number of aliphatic hydroxyl groups is 2. The van der Waals surface area contributed by atoms with Gasteiger partial charge in [0, 0.05) is 12.8 Å². The van der Waals surface area contributed by atoms with Crippen LogP contribution in [-0.4, -0.2) is 47.4 Å². The fourth-order valence-corrected chi connectivity index (χ4v) is 7.69. The Labute approximate surface area is 349 Å². The lowest BCUT2D eigenvalue weighted by Gasteiger charge is -2.20. The number of amides is 1. The van der Waals surface area contributed by atoms with E-state index in [-0.39, 0.29) is 18.5 Å². The van der Waals surface area contributed by atoms with E-state index in [0.717, 1.165) is 38.5 Å². The third kappa shape index (κ3) is 42.2. The minimum atomic E-state index is -0.844. The average Bonchev–Trinajstić information content (AvgIpc) is 3.20. The summed E-state index contributed by atoms with van der Waals surface area (Å²) >= 11 is 0. The van der Waals surface area contributed by atoms with Crippen LogP contribution in [-0.2, 0) is 14.3 Å². The van der Waals surface area contributed by atoms with E-state index < -0.39 is 12.1 Å². The third-order valence-corrected chi connectivity index (χ3v) is 11.6. The Morgan fingerprint density at radius 1 is 0.482 bits per heavy atom. The molecule has 6 nitrogen and oxygen atoms in total. The van der Waals surface area contributed by atoms with Gasteiger partial charge in [0.05, 0.1) is 25.4 Å². The lowest BCUT2D eigenvalue weighted by Crippen LogP contribution is -2.45. The van der Waals surface area contributed by atoms with Crippen molar-refractivity contribution in [2.75, 3.05) is 13.2 Å². The molecule has 332 valence electrons. The predicted octanol–water partition coefficient (Wildman–Crippen LogP) is 14.6. The Morgan fingerprint density at radius 2 is 0.821 bits per heavy atom. The van der Waals surface area contributed by atoms with Gasteiger partial charge in [-0.2, -0.15) is 0 Å². The van der Waals surface area contributed by atoms with E-state index in [4.69, 9.17) is 4.74 Å². The second-order valence-electron chi connectivity index (χ2n) is 17.2. The standard InChI is InChI=1S/C50H97NO5/c1-3-5-7-9-11-13-14-20-24-28-32-36-40-44-50(55)56-45-41-37-33-29-25-22-19-17-15-16-18-21-23-27-31-35-39-43-49(54)51-47(46-52)48(53)42-38-34-30-26-12-10-8-6-4-2/h38,42,47-48,52-53H,3-37,39-41,43-46H2,1-2H3,(H,51,54)/b42-38+. The first kappa shape index (κ1) is 54.6. The first-order chi connectivity index (χ1) is 27.5. The smallest absolute Gasteiger partial charge is 0.305 e. The quantitative estimate of drug-likeness (QED) is 0.0324. The van der Waals surface area contributed by atoms with Crippen LogP contribution in [0.1, 0.15) is 271 Å². The van der Waals surface area contributed by atoms with Gasteiger partial charge in [0.1, 0.15) is 0 Å². The minimum Gasteiger partial charge on any atom is -0.466 e. The second kappa shape index (κ2) is 46.3. The number of ether oxygens (including phenoxy) is 1. The Kier molecular flexibility index (Phi) is 45.1. The number of unbranched alkanes of at least 4 members (excludes halogenated alkanes) is 35. The van der Waals surface area contributed by atoms with Crippen molar-refractivity contribution in [3.05, 3.63) is 12.2 Å². The molecule has 2 unspecified atom stereocenters. The Bertz CT molecular complexity index is 832. The molecule has 0 aromatic carbocycles. The van der Waals surface area contributed by atoms with Gasteiger partial charge in [-0.3, -0.25) is 9.59 Å². The molecule has 0 aliphatic rings. The average molecular weight is 792 g/mol. The lowest BCUT2D eigenvalue weighted by molar-refractivity contribution is -0.143. The van der Waals surface area contributed by atoms with Gasteiger partial charge in [-0.05, 0) is 32.1 Å². The summed E-state index contributed by atoms with van der Waals surface area (Å²) in [4.78, 5) is 24.4. The largest absolute Gasteiger partial charge is 0.466 e. The number of carbonyl (C=O) groups excluding carboxylic acids is 2. The summed E-state index contributed by atoms with van der Waals surface area (Å²) in [6.07, 6.45) is 52.1. The van der Waals surface area contributed by atoms with Crippen molar-refractivity contribution in [2.45, 2.75) is 283 Å². The van der Waals surface area contributed by atoms with Crippen LogP contribution in [0.3, 0.4) is 0 Å². The van der Waals surface area contributed by atoms with E-state index in [1.807, 2.05) is 6.08 Å². The molecular formula is C50H97NO5. The molecule has 0 aliphatic carbocycles. The molecule has 0 radical (unpaired) electrons. The minimum absolute atomic E-state index is 0.00557. The maximum absolute atomic E-state index is 12.4. The van der Waals surface area contributed by atoms with Gasteiger partial charge in [-0.1, -0.05) is 238 Å². The zero-order valence-electron chi connectivity index (χ0n) is 37.6. The number of hydrogen-bond acceptors (Lipinski definition) is 5. The maximum atomic E-state index is 12.4. The molecule has 2 atom stereocenters. The van der Waals surface area contributed by atoms with Gasteiger partial charge in [0.25, 0.3) is 0 Å². The van der Waals surface area contributed by atoms with E-state index in [0.29, 0.717) is 19.4 Å². The normalized spacial score (nSPS) is 12.7. The molecule has 1 amide bonds. The fourth-order valence-electron chi connectivity index (χ4n) is 7.69. The maximum Gasteiger partial charge on any atom is 0.305 e. The Morgan fingerprint density at radius 3 is 1.21 bits per heavy atom. The van der Waals surface area contributed by atoms with Crippen LogP contribution < -0.4 is 5.32 Å². The van der Waals surface area contributed by atoms with Crippen molar-refractivity contribution in [3.8, 4) is 0 Å².